The van der Waals surface area contributed by atoms with Gasteiger partial charge in [-0.2, -0.15) is 0 Å². The van der Waals surface area contributed by atoms with E-state index in [9.17, 15) is 4.79 Å². The number of hydrogen-bond donors (Lipinski definition) is 0. The monoisotopic (exact) mass is 294 g/mol. The summed E-state index contributed by atoms with van der Waals surface area (Å²) in [5.41, 5.74) is 3.26. The van der Waals surface area contributed by atoms with E-state index in [0.717, 1.165) is 42.9 Å². The summed E-state index contributed by atoms with van der Waals surface area (Å²) in [6.07, 6.45) is 2.67. The number of rotatable bonds is 3. The number of pyridine rings is 1. The van der Waals surface area contributed by atoms with E-state index in [1.165, 1.54) is 0 Å². The lowest BCUT2D eigenvalue weighted by molar-refractivity contribution is -0.131. The van der Waals surface area contributed by atoms with Gasteiger partial charge in [-0.25, -0.2) is 0 Å². The molecule has 1 fully saturated rings. The number of carbonyl (C=O) groups excluding carboxylic acids is 1. The van der Waals surface area contributed by atoms with Crippen molar-refractivity contribution in [3.05, 3.63) is 65.5 Å². The van der Waals surface area contributed by atoms with Gasteiger partial charge in [-0.3, -0.25) is 9.78 Å². The molecule has 0 radical (unpaired) electrons. The summed E-state index contributed by atoms with van der Waals surface area (Å²) < 4.78 is 0. The van der Waals surface area contributed by atoms with Gasteiger partial charge in [-0.1, -0.05) is 36.4 Å². The summed E-state index contributed by atoms with van der Waals surface area (Å²) in [6, 6.07) is 16.1. The predicted molar refractivity (Wildman–Crippen MR) is 87.7 cm³/mol. The standard InChI is InChI=1S/C19H22N2O/c1-15-7-5-11-18(20-15)17-10-6-12-21(14-17)19(22)13-16-8-3-2-4-9-16/h2-5,7-9,11,17H,6,10,12-14H2,1H3/t17-/m0/s1. The Bertz CT molecular complexity index is 639. The Labute approximate surface area is 132 Å². The zero-order valence-corrected chi connectivity index (χ0v) is 13.0. The molecule has 3 nitrogen and oxygen atoms in total. The van der Waals surface area contributed by atoms with E-state index < -0.39 is 0 Å². The topological polar surface area (TPSA) is 33.2 Å². The molecule has 3 heteroatoms. The normalized spacial score (nSPS) is 18.2. The molecule has 0 saturated carbocycles. The first-order valence-electron chi connectivity index (χ1n) is 7.97. The summed E-state index contributed by atoms with van der Waals surface area (Å²) in [7, 11) is 0. The summed E-state index contributed by atoms with van der Waals surface area (Å²) in [4.78, 5) is 19.2. The fourth-order valence-electron chi connectivity index (χ4n) is 3.12. The van der Waals surface area contributed by atoms with E-state index >= 15 is 0 Å². The molecule has 2 aromatic rings. The van der Waals surface area contributed by atoms with Crippen molar-refractivity contribution in [2.75, 3.05) is 13.1 Å². The molecule has 1 atom stereocenters. The first-order chi connectivity index (χ1) is 10.7. The quantitative estimate of drug-likeness (QED) is 0.870. The highest BCUT2D eigenvalue weighted by atomic mass is 16.2. The minimum Gasteiger partial charge on any atom is -0.342 e. The van der Waals surface area contributed by atoms with Crippen molar-refractivity contribution >= 4 is 5.91 Å². The van der Waals surface area contributed by atoms with Gasteiger partial charge in [-0.15, -0.1) is 0 Å². The zero-order chi connectivity index (χ0) is 15.4. The first-order valence-corrected chi connectivity index (χ1v) is 7.97. The van der Waals surface area contributed by atoms with E-state index in [0.29, 0.717) is 12.3 Å². The maximum atomic E-state index is 12.5. The molecule has 3 rings (SSSR count). The van der Waals surface area contributed by atoms with E-state index in [4.69, 9.17) is 0 Å². The van der Waals surface area contributed by atoms with Crippen molar-refractivity contribution in [1.29, 1.82) is 0 Å². The van der Waals surface area contributed by atoms with Crippen LogP contribution in [0.5, 0.6) is 0 Å². The molecule has 0 aliphatic carbocycles. The van der Waals surface area contributed by atoms with Crippen LogP contribution in [0.3, 0.4) is 0 Å². The largest absolute Gasteiger partial charge is 0.342 e. The van der Waals surface area contributed by atoms with Crippen molar-refractivity contribution in [3.63, 3.8) is 0 Å². The fourth-order valence-corrected chi connectivity index (χ4v) is 3.12. The molecule has 22 heavy (non-hydrogen) atoms. The lowest BCUT2D eigenvalue weighted by Crippen LogP contribution is -2.40. The Hall–Kier alpha value is -2.16. The van der Waals surface area contributed by atoms with Crippen LogP contribution in [0.1, 0.15) is 35.7 Å². The van der Waals surface area contributed by atoms with Gasteiger partial charge in [0.2, 0.25) is 5.91 Å². The van der Waals surface area contributed by atoms with Crippen molar-refractivity contribution < 1.29 is 4.79 Å². The molecule has 1 amide bonds. The van der Waals surface area contributed by atoms with Gasteiger partial charge in [0.15, 0.2) is 0 Å². The summed E-state index contributed by atoms with van der Waals surface area (Å²) in [5, 5.41) is 0. The first kappa shape index (κ1) is 14.8. The number of aromatic nitrogens is 1. The molecule has 2 heterocycles. The molecule has 1 aromatic carbocycles. The number of likely N-dealkylation sites (tertiary alicyclic amines) is 1. The molecule has 1 aliphatic rings. The van der Waals surface area contributed by atoms with Crippen molar-refractivity contribution in [3.8, 4) is 0 Å². The Kier molecular flexibility index (Phi) is 4.52. The van der Waals surface area contributed by atoms with E-state index in [2.05, 4.69) is 17.1 Å². The summed E-state index contributed by atoms with van der Waals surface area (Å²) in [5.74, 6) is 0.594. The lowest BCUT2D eigenvalue weighted by atomic mass is 9.93. The van der Waals surface area contributed by atoms with Crippen molar-refractivity contribution in [2.45, 2.75) is 32.1 Å². The van der Waals surface area contributed by atoms with Gasteiger partial charge in [0.25, 0.3) is 0 Å². The average molecular weight is 294 g/mol. The highest BCUT2D eigenvalue weighted by Crippen LogP contribution is 2.26. The van der Waals surface area contributed by atoms with Gasteiger partial charge in [-0.05, 0) is 37.5 Å². The minimum absolute atomic E-state index is 0.226. The number of amides is 1. The van der Waals surface area contributed by atoms with Crippen LogP contribution < -0.4 is 0 Å². The summed E-state index contributed by atoms with van der Waals surface area (Å²) >= 11 is 0. The Morgan fingerprint density at radius 2 is 2.00 bits per heavy atom. The third-order valence-corrected chi connectivity index (χ3v) is 4.30. The molecule has 0 unspecified atom stereocenters. The molecule has 0 bridgehead atoms. The van der Waals surface area contributed by atoms with Crippen molar-refractivity contribution in [2.24, 2.45) is 0 Å². The number of nitrogens with zero attached hydrogens (tertiary/aromatic N) is 2. The maximum absolute atomic E-state index is 12.5. The molecule has 1 aliphatic heterocycles. The molecule has 1 saturated heterocycles. The molecule has 1 aromatic heterocycles. The third-order valence-electron chi connectivity index (χ3n) is 4.30. The SMILES string of the molecule is Cc1cccc([C@H]2CCCN(C(=O)Cc3ccccc3)C2)n1. The minimum atomic E-state index is 0.226. The van der Waals surface area contributed by atoms with E-state index in [1.54, 1.807) is 0 Å². The molecule has 0 N–H and O–H groups in total. The van der Waals surface area contributed by atoms with E-state index in [1.807, 2.05) is 48.2 Å². The van der Waals surface area contributed by atoms with Gasteiger partial charge in [0, 0.05) is 30.4 Å². The average Bonchev–Trinajstić information content (AvgIpc) is 2.56. The van der Waals surface area contributed by atoms with Gasteiger partial charge < -0.3 is 4.90 Å². The van der Waals surface area contributed by atoms with Crippen LogP contribution in [-0.2, 0) is 11.2 Å². The zero-order valence-electron chi connectivity index (χ0n) is 13.0. The summed E-state index contributed by atoms with van der Waals surface area (Å²) in [6.45, 7) is 3.68. The predicted octanol–water partition coefficient (Wildman–Crippen LogP) is 3.34. The number of carbonyl (C=O) groups is 1. The fraction of sp³-hybridized carbons (Fsp3) is 0.368. The third kappa shape index (κ3) is 3.53. The van der Waals surface area contributed by atoms with Crippen LogP contribution >= 0.6 is 0 Å². The highest BCUT2D eigenvalue weighted by molar-refractivity contribution is 5.79. The number of aryl methyl sites for hydroxylation is 1. The maximum Gasteiger partial charge on any atom is 0.227 e. The van der Waals surface area contributed by atoms with E-state index in [-0.39, 0.29) is 5.91 Å². The Balaban J connectivity index is 1.66. The number of piperidine rings is 1. The van der Waals surface area contributed by atoms with Gasteiger partial charge in [0.05, 0.1) is 6.42 Å². The van der Waals surface area contributed by atoms with Crippen LogP contribution in [0.4, 0.5) is 0 Å². The second-order valence-corrected chi connectivity index (χ2v) is 6.05. The molecular weight excluding hydrogens is 272 g/mol. The molecule has 114 valence electrons. The second-order valence-electron chi connectivity index (χ2n) is 6.05. The Morgan fingerprint density at radius 1 is 1.18 bits per heavy atom. The smallest absolute Gasteiger partial charge is 0.227 e. The second kappa shape index (κ2) is 6.73. The molecular formula is C19H22N2O. The van der Waals surface area contributed by atoms with Gasteiger partial charge >= 0.3 is 0 Å². The number of hydrogen-bond acceptors (Lipinski definition) is 2. The lowest BCUT2D eigenvalue weighted by Gasteiger charge is -2.32. The highest BCUT2D eigenvalue weighted by Gasteiger charge is 2.25. The van der Waals surface area contributed by atoms with Crippen LogP contribution in [0.2, 0.25) is 0 Å². The van der Waals surface area contributed by atoms with Crippen LogP contribution in [0.25, 0.3) is 0 Å². The van der Waals surface area contributed by atoms with Crippen molar-refractivity contribution in [1.82, 2.24) is 9.88 Å². The van der Waals surface area contributed by atoms with Crippen LogP contribution in [0.15, 0.2) is 48.5 Å². The van der Waals surface area contributed by atoms with Crippen LogP contribution in [0, 0.1) is 6.92 Å². The van der Waals surface area contributed by atoms with Gasteiger partial charge in [0.1, 0.15) is 0 Å². The number of benzene rings is 1. The molecule has 0 spiro atoms. The Morgan fingerprint density at radius 3 is 2.77 bits per heavy atom. The van der Waals surface area contributed by atoms with Crippen LogP contribution in [-0.4, -0.2) is 28.9 Å².